The van der Waals surface area contributed by atoms with Crippen molar-refractivity contribution >= 4 is 12.0 Å². The van der Waals surface area contributed by atoms with Crippen molar-refractivity contribution in [2.75, 3.05) is 13.7 Å². The summed E-state index contributed by atoms with van der Waals surface area (Å²) in [5.41, 5.74) is 1.60. The van der Waals surface area contributed by atoms with E-state index in [1.807, 2.05) is 12.1 Å². The summed E-state index contributed by atoms with van der Waals surface area (Å²) >= 11 is 0. The van der Waals surface area contributed by atoms with Gasteiger partial charge in [-0.3, -0.25) is 4.79 Å². The van der Waals surface area contributed by atoms with Crippen molar-refractivity contribution in [2.24, 2.45) is 0 Å². The fraction of sp³-hybridized carbons (Fsp3) is 0.182. The van der Waals surface area contributed by atoms with Crippen LogP contribution in [-0.2, 0) is 0 Å². The van der Waals surface area contributed by atoms with Gasteiger partial charge in [0.2, 0.25) is 0 Å². The molecule has 0 spiro atoms. The molecule has 0 aliphatic rings. The summed E-state index contributed by atoms with van der Waals surface area (Å²) in [7, 11) is 1.60. The van der Waals surface area contributed by atoms with E-state index in [9.17, 15) is 4.79 Å². The topological polar surface area (TPSA) is 49.3 Å². The summed E-state index contributed by atoms with van der Waals surface area (Å²) in [6.07, 6.45) is 3.45. The number of nitrogens with one attached hydrogen (secondary N) is 1. The van der Waals surface area contributed by atoms with Gasteiger partial charge in [0.25, 0.3) is 5.91 Å². The van der Waals surface area contributed by atoms with Crippen LogP contribution in [0.5, 0.6) is 0 Å². The SMILES string of the molecule is CNC(=O)c1ccc(C=CCO)cc1. The highest BCUT2D eigenvalue weighted by Gasteiger charge is 2.00. The van der Waals surface area contributed by atoms with E-state index in [4.69, 9.17) is 5.11 Å². The van der Waals surface area contributed by atoms with Crippen molar-refractivity contribution in [3.8, 4) is 0 Å². The van der Waals surface area contributed by atoms with Crippen LogP contribution in [0.15, 0.2) is 30.3 Å². The number of hydrogen-bond acceptors (Lipinski definition) is 2. The zero-order valence-electron chi connectivity index (χ0n) is 8.03. The molecule has 2 N–H and O–H groups in total. The van der Waals surface area contributed by atoms with Gasteiger partial charge in [0.05, 0.1) is 6.61 Å². The molecular weight excluding hydrogens is 178 g/mol. The molecule has 0 unspecified atom stereocenters. The molecule has 0 radical (unpaired) electrons. The second kappa shape index (κ2) is 5.19. The highest BCUT2D eigenvalue weighted by molar-refractivity contribution is 5.94. The summed E-state index contributed by atoms with van der Waals surface area (Å²) in [4.78, 5) is 11.2. The van der Waals surface area contributed by atoms with Gasteiger partial charge >= 0.3 is 0 Å². The minimum absolute atomic E-state index is 0.0250. The van der Waals surface area contributed by atoms with Crippen LogP contribution in [0.25, 0.3) is 6.08 Å². The Morgan fingerprint density at radius 1 is 1.43 bits per heavy atom. The Morgan fingerprint density at radius 2 is 2.07 bits per heavy atom. The van der Waals surface area contributed by atoms with E-state index in [2.05, 4.69) is 5.32 Å². The molecule has 0 aliphatic heterocycles. The molecular formula is C11H13NO2. The van der Waals surface area contributed by atoms with Gasteiger partial charge in [-0.15, -0.1) is 0 Å². The largest absolute Gasteiger partial charge is 0.392 e. The minimum Gasteiger partial charge on any atom is -0.392 e. The molecule has 0 saturated carbocycles. The average molecular weight is 191 g/mol. The number of benzene rings is 1. The normalized spacial score (nSPS) is 10.4. The number of amides is 1. The Morgan fingerprint density at radius 3 is 2.57 bits per heavy atom. The third kappa shape index (κ3) is 2.71. The fourth-order valence-corrected chi connectivity index (χ4v) is 1.08. The van der Waals surface area contributed by atoms with Crippen LogP contribution < -0.4 is 5.32 Å². The van der Waals surface area contributed by atoms with Crippen LogP contribution in [0.4, 0.5) is 0 Å². The molecule has 1 aromatic carbocycles. The van der Waals surface area contributed by atoms with Crippen molar-refractivity contribution in [2.45, 2.75) is 0 Å². The fourth-order valence-electron chi connectivity index (χ4n) is 1.08. The molecule has 3 nitrogen and oxygen atoms in total. The molecule has 1 amide bonds. The van der Waals surface area contributed by atoms with Crippen LogP contribution in [0, 0.1) is 0 Å². The molecule has 0 bridgehead atoms. The smallest absolute Gasteiger partial charge is 0.251 e. The number of aliphatic hydroxyl groups is 1. The van der Waals surface area contributed by atoms with Gasteiger partial charge in [-0.2, -0.15) is 0 Å². The van der Waals surface area contributed by atoms with Gasteiger partial charge in [0.1, 0.15) is 0 Å². The lowest BCUT2D eigenvalue weighted by atomic mass is 10.1. The van der Waals surface area contributed by atoms with Gasteiger partial charge < -0.3 is 10.4 Å². The second-order valence-corrected chi connectivity index (χ2v) is 2.79. The predicted molar refractivity (Wildman–Crippen MR) is 56.0 cm³/mol. The summed E-state index contributed by atoms with van der Waals surface area (Å²) in [6.45, 7) is 0.0250. The van der Waals surface area contributed by atoms with E-state index in [1.54, 1.807) is 31.3 Å². The molecule has 0 aliphatic carbocycles. The van der Waals surface area contributed by atoms with E-state index in [0.29, 0.717) is 5.56 Å². The van der Waals surface area contributed by atoms with E-state index in [0.717, 1.165) is 5.56 Å². The molecule has 14 heavy (non-hydrogen) atoms. The van der Waals surface area contributed by atoms with Crippen LogP contribution in [-0.4, -0.2) is 24.7 Å². The first-order valence-corrected chi connectivity index (χ1v) is 4.37. The lowest BCUT2D eigenvalue weighted by Gasteiger charge is -1.99. The molecule has 3 heteroatoms. The lowest BCUT2D eigenvalue weighted by molar-refractivity contribution is 0.0963. The first-order valence-electron chi connectivity index (χ1n) is 4.37. The van der Waals surface area contributed by atoms with E-state index in [1.165, 1.54) is 0 Å². The van der Waals surface area contributed by atoms with Crippen LogP contribution >= 0.6 is 0 Å². The van der Waals surface area contributed by atoms with Crippen LogP contribution in [0.3, 0.4) is 0 Å². The second-order valence-electron chi connectivity index (χ2n) is 2.79. The molecule has 0 saturated heterocycles. The summed E-state index contributed by atoms with van der Waals surface area (Å²) in [5.74, 6) is -0.0947. The number of carbonyl (C=O) groups excluding carboxylic acids is 1. The van der Waals surface area contributed by atoms with E-state index >= 15 is 0 Å². The summed E-state index contributed by atoms with van der Waals surface area (Å²) in [6, 6.07) is 7.15. The first-order chi connectivity index (χ1) is 6.77. The highest BCUT2D eigenvalue weighted by Crippen LogP contribution is 2.05. The van der Waals surface area contributed by atoms with Crippen molar-refractivity contribution in [1.29, 1.82) is 0 Å². The lowest BCUT2D eigenvalue weighted by Crippen LogP contribution is -2.17. The molecule has 0 fully saturated rings. The van der Waals surface area contributed by atoms with Gasteiger partial charge in [0, 0.05) is 12.6 Å². The van der Waals surface area contributed by atoms with Crippen LogP contribution in [0.2, 0.25) is 0 Å². The zero-order valence-corrected chi connectivity index (χ0v) is 8.03. The maximum atomic E-state index is 11.2. The number of rotatable bonds is 3. The Labute approximate surface area is 83.1 Å². The third-order valence-corrected chi connectivity index (χ3v) is 1.82. The van der Waals surface area contributed by atoms with Crippen molar-refractivity contribution in [3.63, 3.8) is 0 Å². The maximum absolute atomic E-state index is 11.2. The maximum Gasteiger partial charge on any atom is 0.251 e. The monoisotopic (exact) mass is 191 g/mol. The number of aliphatic hydroxyl groups excluding tert-OH is 1. The van der Waals surface area contributed by atoms with E-state index < -0.39 is 0 Å². The molecule has 1 rings (SSSR count). The quantitative estimate of drug-likeness (QED) is 0.750. The van der Waals surface area contributed by atoms with Crippen molar-refractivity contribution < 1.29 is 9.90 Å². The summed E-state index contributed by atoms with van der Waals surface area (Å²) in [5, 5.41) is 11.1. The molecule has 0 heterocycles. The molecule has 0 aromatic heterocycles. The first kappa shape index (κ1) is 10.5. The van der Waals surface area contributed by atoms with Gasteiger partial charge in [-0.1, -0.05) is 24.3 Å². The van der Waals surface area contributed by atoms with E-state index in [-0.39, 0.29) is 12.5 Å². The third-order valence-electron chi connectivity index (χ3n) is 1.82. The van der Waals surface area contributed by atoms with Gasteiger partial charge in [-0.25, -0.2) is 0 Å². The number of hydrogen-bond donors (Lipinski definition) is 2. The Balaban J connectivity index is 2.78. The highest BCUT2D eigenvalue weighted by atomic mass is 16.2. The predicted octanol–water partition coefficient (Wildman–Crippen LogP) is 1.05. The van der Waals surface area contributed by atoms with Crippen molar-refractivity contribution in [3.05, 3.63) is 41.5 Å². The molecule has 1 aromatic rings. The number of carbonyl (C=O) groups is 1. The Hall–Kier alpha value is -1.61. The van der Waals surface area contributed by atoms with Gasteiger partial charge in [0.15, 0.2) is 0 Å². The molecule has 74 valence electrons. The van der Waals surface area contributed by atoms with Crippen molar-refractivity contribution in [1.82, 2.24) is 5.32 Å². The average Bonchev–Trinajstić information content (AvgIpc) is 2.26. The van der Waals surface area contributed by atoms with Gasteiger partial charge in [-0.05, 0) is 17.7 Å². The Kier molecular flexibility index (Phi) is 3.88. The molecule has 0 atom stereocenters. The summed E-state index contributed by atoms with van der Waals surface area (Å²) < 4.78 is 0. The standard InChI is InChI=1S/C11H13NO2/c1-12-11(14)10-6-4-9(5-7-10)3-2-8-13/h2-7,13H,8H2,1H3,(H,12,14). The zero-order chi connectivity index (χ0) is 10.4. The van der Waals surface area contributed by atoms with Crippen LogP contribution in [0.1, 0.15) is 15.9 Å². The Bertz CT molecular complexity index is 328. The minimum atomic E-state index is -0.0947.